The minimum atomic E-state index is -0.400. The molecule has 5 rings (SSSR count). The van der Waals surface area contributed by atoms with E-state index in [2.05, 4.69) is 80.2 Å². The number of aliphatic hydroxyl groups excluding tert-OH is 1. The molecule has 3 heteroatoms. The first-order chi connectivity index (χ1) is 24.7. The summed E-state index contributed by atoms with van der Waals surface area (Å²) in [5.41, 5.74) is 3.46. The molecule has 5 aliphatic rings. The highest BCUT2D eigenvalue weighted by molar-refractivity contribution is 5.69. The highest BCUT2D eigenvalue weighted by Gasteiger charge is 2.82. The first-order valence-corrected chi connectivity index (χ1v) is 22.2. The number of ether oxygens (including phenoxy) is 1. The van der Waals surface area contributed by atoms with Gasteiger partial charge in [-0.15, -0.1) is 0 Å². The van der Waals surface area contributed by atoms with E-state index in [0.29, 0.717) is 46.3 Å². The van der Waals surface area contributed by atoms with Gasteiger partial charge in [-0.2, -0.15) is 0 Å². The summed E-state index contributed by atoms with van der Waals surface area (Å²) >= 11 is 0. The molecule has 5 aliphatic carbocycles. The Hall–Kier alpha value is -1.61. The van der Waals surface area contributed by atoms with Crippen LogP contribution in [0.4, 0.5) is 0 Å². The molecule has 3 nitrogen and oxygen atoms in total. The molecule has 0 aromatic rings. The number of esters is 1. The van der Waals surface area contributed by atoms with Crippen LogP contribution < -0.4 is 0 Å². The number of unbranched alkanes of at least 4 members (excludes halogenated alkanes) is 5. The number of carbonyl (C=O) groups is 1. The highest BCUT2D eigenvalue weighted by Crippen LogP contribution is 2.89. The van der Waals surface area contributed by atoms with Crippen LogP contribution in [0.25, 0.3) is 0 Å². The molecule has 10 atom stereocenters. The fourth-order valence-corrected chi connectivity index (χ4v) is 13.5. The molecule has 52 heavy (non-hydrogen) atoms. The van der Waals surface area contributed by atoms with Gasteiger partial charge in [-0.1, -0.05) is 123 Å². The van der Waals surface area contributed by atoms with Crippen molar-refractivity contribution in [2.24, 2.45) is 56.7 Å². The summed E-state index contributed by atoms with van der Waals surface area (Å²) in [4.78, 5) is 13.2. The zero-order valence-electron chi connectivity index (χ0n) is 35.1. The normalized spacial score (nSPS) is 37.5. The van der Waals surface area contributed by atoms with Gasteiger partial charge in [-0.25, -0.2) is 0 Å². The van der Waals surface area contributed by atoms with E-state index in [9.17, 15) is 9.90 Å². The zero-order chi connectivity index (χ0) is 37.8. The monoisotopic (exact) mass is 717 g/mol. The van der Waals surface area contributed by atoms with Crippen LogP contribution in [-0.2, 0) is 9.53 Å². The summed E-state index contributed by atoms with van der Waals surface area (Å²) in [7, 11) is 0. The summed E-state index contributed by atoms with van der Waals surface area (Å²) in [6, 6.07) is 0. The molecule has 0 unspecified atom stereocenters. The van der Waals surface area contributed by atoms with E-state index in [1.807, 2.05) is 18.2 Å². The van der Waals surface area contributed by atoms with Gasteiger partial charge in [0.05, 0.1) is 6.10 Å². The van der Waals surface area contributed by atoms with Crippen molar-refractivity contribution >= 4 is 5.97 Å². The SMILES string of the molecule is C=C(CC[C@@H](C)[C@H]1CC[C@@]2(C)[C@@H]3CC[C@H]4C(C)(C)[C@@H](OC(=O)CCCCCCC/C=C\C=C\[C@@H](O)C/C=C\CC)CC[C@@]45C[C@@]35CC[C@]12C)C(C)C. The smallest absolute Gasteiger partial charge is 0.306 e. The third-order valence-electron chi connectivity index (χ3n) is 16.9. The average Bonchev–Trinajstić information content (AvgIpc) is 3.68. The van der Waals surface area contributed by atoms with Gasteiger partial charge in [0.1, 0.15) is 6.10 Å². The van der Waals surface area contributed by atoms with Gasteiger partial charge in [0, 0.05) is 11.8 Å². The van der Waals surface area contributed by atoms with Gasteiger partial charge >= 0.3 is 5.97 Å². The van der Waals surface area contributed by atoms with E-state index in [4.69, 9.17) is 4.74 Å². The van der Waals surface area contributed by atoms with Crippen molar-refractivity contribution in [2.45, 2.75) is 196 Å². The van der Waals surface area contributed by atoms with Crippen molar-refractivity contribution in [1.29, 1.82) is 0 Å². The fourth-order valence-electron chi connectivity index (χ4n) is 13.5. The maximum Gasteiger partial charge on any atom is 0.306 e. The summed E-state index contributed by atoms with van der Waals surface area (Å²) in [5, 5.41) is 9.94. The van der Waals surface area contributed by atoms with Crippen molar-refractivity contribution in [2.75, 3.05) is 0 Å². The predicted molar refractivity (Wildman–Crippen MR) is 220 cm³/mol. The Labute approximate surface area is 321 Å². The molecule has 1 N–H and O–H groups in total. The van der Waals surface area contributed by atoms with Crippen molar-refractivity contribution < 1.29 is 14.6 Å². The van der Waals surface area contributed by atoms with Crippen LogP contribution in [0.5, 0.6) is 0 Å². The Morgan fingerprint density at radius 3 is 2.27 bits per heavy atom. The zero-order valence-corrected chi connectivity index (χ0v) is 35.1. The number of hydrogen-bond acceptors (Lipinski definition) is 3. The van der Waals surface area contributed by atoms with Crippen molar-refractivity contribution in [1.82, 2.24) is 0 Å². The predicted octanol–water partition coefficient (Wildman–Crippen LogP) is 13.5. The lowest BCUT2D eigenvalue weighted by atomic mass is 9.41. The Kier molecular flexibility index (Phi) is 13.6. The first-order valence-electron chi connectivity index (χ1n) is 22.2. The molecule has 2 spiro atoms. The van der Waals surface area contributed by atoms with Gasteiger partial charge in [-0.3, -0.25) is 4.79 Å². The number of rotatable bonds is 19. The summed E-state index contributed by atoms with van der Waals surface area (Å²) in [5.74, 6) is 3.83. The number of allylic oxidation sites excluding steroid dienone is 5. The van der Waals surface area contributed by atoms with E-state index in [1.165, 1.54) is 89.0 Å². The van der Waals surface area contributed by atoms with Crippen LogP contribution in [0.1, 0.15) is 184 Å². The number of fused-ring (bicyclic) bond motifs is 2. The molecule has 0 heterocycles. The second kappa shape index (κ2) is 17.0. The lowest BCUT2D eigenvalue weighted by molar-refractivity contribution is -0.183. The molecule has 0 aromatic heterocycles. The van der Waals surface area contributed by atoms with Gasteiger partial charge in [0.15, 0.2) is 0 Å². The second-order valence-electron chi connectivity index (χ2n) is 20.1. The maximum absolute atomic E-state index is 13.2. The molecule has 294 valence electrons. The van der Waals surface area contributed by atoms with Crippen LogP contribution in [0.3, 0.4) is 0 Å². The quantitative estimate of drug-likeness (QED) is 0.0626. The minimum absolute atomic E-state index is 0.0411. The molecular formula is C49H80O3. The lowest BCUT2D eigenvalue weighted by Crippen LogP contribution is -2.58. The standard InChI is InChI=1S/C49H80O3/c1-10-11-19-22-39(50)23-20-17-15-13-12-14-16-18-21-24-44(51)52-43-30-32-48-35-49(48)34-33-46(8)40(38(5)26-25-37(4)36(2)3)29-31-47(46,9)42(49)28-27-41(48)45(43,6)7/h11,15,17,19-20,23,36,38-43,50H,4,10,12-14,16,18,21-22,24-35H2,1-3,5-9H3/b17-15-,19-11-,23-20+/t38-,39+,40-,41+,42+,43+,46-,47+,48-,49+/m1/s1. The van der Waals surface area contributed by atoms with E-state index in [1.54, 1.807) is 0 Å². The number of carbonyl (C=O) groups excluding carboxylic acids is 1. The molecule has 5 saturated carbocycles. The summed E-state index contributed by atoms with van der Waals surface area (Å²) < 4.78 is 6.40. The largest absolute Gasteiger partial charge is 0.462 e. The van der Waals surface area contributed by atoms with E-state index < -0.39 is 6.10 Å². The molecule has 0 saturated heterocycles. The number of hydrogen-bond donors (Lipinski definition) is 1. The van der Waals surface area contributed by atoms with E-state index >= 15 is 0 Å². The minimum Gasteiger partial charge on any atom is -0.462 e. The molecule has 5 fully saturated rings. The first kappa shape index (κ1) is 41.6. The molecule has 0 radical (unpaired) electrons. The second-order valence-corrected chi connectivity index (χ2v) is 20.1. The third-order valence-corrected chi connectivity index (χ3v) is 16.9. The Balaban J connectivity index is 1.05. The molecule has 0 amide bonds. The molecule has 0 bridgehead atoms. The van der Waals surface area contributed by atoms with Crippen molar-refractivity contribution in [3.8, 4) is 0 Å². The van der Waals surface area contributed by atoms with Crippen LogP contribution in [0.2, 0.25) is 0 Å². The number of aliphatic hydroxyl groups is 1. The van der Waals surface area contributed by atoms with Crippen LogP contribution >= 0.6 is 0 Å². The van der Waals surface area contributed by atoms with E-state index in [0.717, 1.165) is 49.9 Å². The average molecular weight is 717 g/mol. The maximum atomic E-state index is 13.2. The van der Waals surface area contributed by atoms with Crippen LogP contribution in [-0.4, -0.2) is 23.3 Å². The fraction of sp³-hybridized carbons (Fsp3) is 0.816. The highest BCUT2D eigenvalue weighted by atomic mass is 16.5. The van der Waals surface area contributed by atoms with Crippen molar-refractivity contribution in [3.63, 3.8) is 0 Å². The van der Waals surface area contributed by atoms with Gasteiger partial charge < -0.3 is 9.84 Å². The van der Waals surface area contributed by atoms with E-state index in [-0.39, 0.29) is 17.5 Å². The van der Waals surface area contributed by atoms with Gasteiger partial charge in [0.25, 0.3) is 0 Å². The summed E-state index contributed by atoms with van der Waals surface area (Å²) in [6.45, 7) is 24.1. The topological polar surface area (TPSA) is 46.5 Å². The van der Waals surface area contributed by atoms with Gasteiger partial charge in [0.2, 0.25) is 0 Å². The van der Waals surface area contributed by atoms with Crippen LogP contribution in [0.15, 0.2) is 48.6 Å². The van der Waals surface area contributed by atoms with Gasteiger partial charge in [-0.05, 0) is 154 Å². The van der Waals surface area contributed by atoms with Crippen molar-refractivity contribution in [3.05, 3.63) is 48.6 Å². The Bertz CT molecular complexity index is 1300. The molecular weight excluding hydrogens is 637 g/mol. The third kappa shape index (κ3) is 8.02. The molecule has 0 aliphatic heterocycles. The molecule has 0 aromatic carbocycles. The lowest BCUT2D eigenvalue weighted by Gasteiger charge is -2.63. The van der Waals surface area contributed by atoms with Crippen LogP contribution in [0, 0.1) is 56.7 Å². The summed E-state index contributed by atoms with van der Waals surface area (Å²) in [6.07, 6.45) is 35.5. The Morgan fingerprint density at radius 1 is 0.808 bits per heavy atom. The Morgan fingerprint density at radius 2 is 1.52 bits per heavy atom.